The molecule has 3 fully saturated rings. The Morgan fingerprint density at radius 1 is 1.00 bits per heavy atom. The number of rotatable bonds is 5. The predicted octanol–water partition coefficient (Wildman–Crippen LogP) is 3.52. The second-order valence-electron chi connectivity index (χ2n) is 9.45. The average Bonchev–Trinajstić information content (AvgIpc) is 3.44. The second-order valence-corrected chi connectivity index (χ2v) is 9.45. The van der Waals surface area contributed by atoms with Crippen LogP contribution in [0.3, 0.4) is 0 Å². The Morgan fingerprint density at radius 3 is 2.39 bits per heavy atom. The molecular weight excluding hydrogens is 428 g/mol. The van der Waals surface area contributed by atoms with Crippen molar-refractivity contribution >= 4 is 5.95 Å². The Bertz CT molecular complexity index is 1120. The van der Waals surface area contributed by atoms with E-state index in [2.05, 4.69) is 35.6 Å². The van der Waals surface area contributed by atoms with Gasteiger partial charge >= 0.3 is 0 Å². The smallest absolute Gasteiger partial charge is 0.251 e. The quantitative estimate of drug-likeness (QED) is 0.543. The summed E-state index contributed by atoms with van der Waals surface area (Å²) in [4.78, 5) is 6.78. The van der Waals surface area contributed by atoms with Crippen molar-refractivity contribution in [2.24, 2.45) is 0 Å². The molecule has 1 saturated carbocycles. The summed E-state index contributed by atoms with van der Waals surface area (Å²) in [5, 5.41) is 29.4. The lowest BCUT2D eigenvalue weighted by Crippen LogP contribution is -2.59. The zero-order chi connectivity index (χ0) is 22.6. The molecule has 0 unspecified atom stereocenters. The van der Waals surface area contributed by atoms with Crippen LogP contribution in [0.4, 0.5) is 14.7 Å². The highest BCUT2D eigenvalue weighted by molar-refractivity contribution is 5.73. The highest BCUT2D eigenvalue weighted by Gasteiger charge is 2.48. The molecule has 2 aliphatic heterocycles. The highest BCUT2D eigenvalue weighted by atomic mass is 19.3. The van der Waals surface area contributed by atoms with Gasteiger partial charge in [0.2, 0.25) is 5.95 Å². The van der Waals surface area contributed by atoms with E-state index < -0.39 is 5.92 Å². The lowest BCUT2D eigenvalue weighted by molar-refractivity contribution is -0.0671. The van der Waals surface area contributed by atoms with Crippen LogP contribution in [0.25, 0.3) is 22.4 Å². The maximum Gasteiger partial charge on any atom is 0.251 e. The topological polar surface area (TPSA) is 103 Å². The lowest BCUT2D eigenvalue weighted by atomic mass is 9.81. The van der Waals surface area contributed by atoms with Crippen LogP contribution < -0.4 is 10.2 Å². The first-order valence-corrected chi connectivity index (χ1v) is 11.4. The van der Waals surface area contributed by atoms with Crippen LogP contribution in [0.15, 0.2) is 36.8 Å². The predicted molar refractivity (Wildman–Crippen MR) is 118 cm³/mol. The van der Waals surface area contributed by atoms with E-state index in [1.165, 1.54) is 0 Å². The molecule has 3 N–H and O–H groups in total. The van der Waals surface area contributed by atoms with Crippen molar-refractivity contribution in [2.75, 3.05) is 4.90 Å². The van der Waals surface area contributed by atoms with Gasteiger partial charge in [0.15, 0.2) is 0 Å². The third-order valence-electron chi connectivity index (χ3n) is 6.89. The minimum absolute atomic E-state index is 0.0868. The third-order valence-corrected chi connectivity index (χ3v) is 6.89. The van der Waals surface area contributed by atoms with Crippen LogP contribution in [0, 0.1) is 0 Å². The maximum atomic E-state index is 14.0. The molecule has 0 radical (unpaired) electrons. The zero-order valence-electron chi connectivity index (χ0n) is 18.0. The second kappa shape index (κ2) is 7.72. The highest BCUT2D eigenvalue weighted by Crippen LogP contribution is 2.41. The summed E-state index contributed by atoms with van der Waals surface area (Å²) in [5.74, 6) is -1.96. The number of phenols is 1. The van der Waals surface area contributed by atoms with Crippen molar-refractivity contribution < 1.29 is 13.9 Å². The van der Waals surface area contributed by atoms with E-state index in [-0.39, 0.29) is 36.7 Å². The minimum Gasteiger partial charge on any atom is -0.507 e. The summed E-state index contributed by atoms with van der Waals surface area (Å²) in [6.45, 7) is 0. The molecule has 3 aliphatic rings. The fraction of sp³-hybridized carbons (Fsp3) is 0.478. The van der Waals surface area contributed by atoms with Crippen molar-refractivity contribution in [1.82, 2.24) is 30.7 Å². The average molecular weight is 453 g/mol. The molecule has 2 bridgehead atoms. The Hall–Kier alpha value is -3.14. The van der Waals surface area contributed by atoms with Crippen LogP contribution in [0.5, 0.6) is 5.75 Å². The van der Waals surface area contributed by atoms with E-state index in [0.717, 1.165) is 24.0 Å². The molecule has 3 aromatic rings. The van der Waals surface area contributed by atoms with Gasteiger partial charge in [-0.1, -0.05) is 6.07 Å². The lowest BCUT2D eigenvalue weighted by Gasteiger charge is -2.46. The number of piperidine rings is 2. The molecule has 2 aromatic heterocycles. The van der Waals surface area contributed by atoms with Crippen molar-refractivity contribution in [2.45, 2.75) is 68.6 Å². The number of H-pyrrole nitrogens is 1. The summed E-state index contributed by atoms with van der Waals surface area (Å²) in [5.41, 5.74) is 2.74. The molecule has 6 rings (SSSR count). The van der Waals surface area contributed by atoms with Gasteiger partial charge < -0.3 is 15.3 Å². The van der Waals surface area contributed by atoms with E-state index in [4.69, 9.17) is 0 Å². The van der Waals surface area contributed by atoms with Gasteiger partial charge in [-0.3, -0.25) is 5.10 Å². The number of alkyl halides is 2. The number of anilines is 1. The SMILES string of the molecule is Oc1cc(-c2cn[nH]c2)ccc1-c1cnc(N(C2CC2)C2C[C@@H]3CC(F)(F)C[C@@H](C2)N3)nn1. The van der Waals surface area contributed by atoms with Crippen molar-refractivity contribution in [1.29, 1.82) is 0 Å². The van der Waals surface area contributed by atoms with E-state index in [0.29, 0.717) is 36.1 Å². The number of aromatic nitrogens is 5. The Kier molecular flexibility index (Phi) is 4.79. The van der Waals surface area contributed by atoms with Gasteiger partial charge in [0.05, 0.1) is 12.4 Å². The number of benzene rings is 1. The summed E-state index contributed by atoms with van der Waals surface area (Å²) in [6, 6.07) is 5.43. The van der Waals surface area contributed by atoms with Gasteiger partial charge in [0.1, 0.15) is 11.4 Å². The molecule has 4 heterocycles. The molecule has 0 spiro atoms. The first kappa shape index (κ1) is 20.5. The minimum atomic E-state index is -2.58. The number of nitrogens with zero attached hydrogens (tertiary/aromatic N) is 5. The van der Waals surface area contributed by atoms with Gasteiger partial charge in [0.25, 0.3) is 5.92 Å². The van der Waals surface area contributed by atoms with E-state index >= 15 is 0 Å². The molecule has 8 nitrogen and oxygen atoms in total. The standard InChI is InChI=1S/C23H25F2N7O/c24-23(25)8-15-6-18(7-16(9-23)29-15)32(17-2-3-17)22-26-12-20(30-31-22)19-4-1-13(5-21(19)33)14-10-27-28-11-14/h1,4-5,10-12,15-18,29,33H,2-3,6-9H2,(H,27,28)/t15-,16-/m1/s1. The number of hydrogen-bond acceptors (Lipinski definition) is 7. The molecule has 33 heavy (non-hydrogen) atoms. The number of nitrogens with one attached hydrogen (secondary N) is 2. The van der Waals surface area contributed by atoms with Crippen LogP contribution in [0.2, 0.25) is 0 Å². The number of aromatic amines is 1. The number of aromatic hydroxyl groups is 1. The van der Waals surface area contributed by atoms with Crippen LogP contribution in [-0.4, -0.2) is 60.6 Å². The Labute approximate surface area is 189 Å². The van der Waals surface area contributed by atoms with Crippen molar-refractivity contribution in [3.63, 3.8) is 0 Å². The molecule has 172 valence electrons. The molecule has 10 heteroatoms. The van der Waals surface area contributed by atoms with Gasteiger partial charge in [-0.05, 0) is 43.4 Å². The maximum absolute atomic E-state index is 14.0. The first-order chi connectivity index (χ1) is 15.9. The normalized spacial score (nSPS) is 26.2. The van der Waals surface area contributed by atoms with Gasteiger partial charge in [0, 0.05) is 54.3 Å². The third kappa shape index (κ3) is 4.03. The van der Waals surface area contributed by atoms with Gasteiger partial charge in [-0.25, -0.2) is 13.8 Å². The molecular formula is C23H25F2N7O. The van der Waals surface area contributed by atoms with Crippen molar-refractivity contribution in [3.8, 4) is 28.1 Å². The fourth-order valence-electron chi connectivity index (χ4n) is 5.36. The summed E-state index contributed by atoms with van der Waals surface area (Å²) in [6.07, 6.45) is 8.28. The largest absolute Gasteiger partial charge is 0.507 e. The van der Waals surface area contributed by atoms with E-state index in [9.17, 15) is 13.9 Å². The van der Waals surface area contributed by atoms with Crippen LogP contribution >= 0.6 is 0 Å². The molecule has 1 aromatic carbocycles. The fourth-order valence-corrected chi connectivity index (χ4v) is 5.36. The molecule has 0 amide bonds. The van der Waals surface area contributed by atoms with Crippen LogP contribution in [-0.2, 0) is 0 Å². The number of hydrogen-bond donors (Lipinski definition) is 3. The zero-order valence-corrected chi connectivity index (χ0v) is 18.0. The van der Waals surface area contributed by atoms with Gasteiger partial charge in [-0.15, -0.1) is 10.2 Å². The monoisotopic (exact) mass is 453 g/mol. The molecule has 1 aliphatic carbocycles. The summed E-state index contributed by atoms with van der Waals surface area (Å²) in [7, 11) is 0. The molecule has 2 atom stereocenters. The number of halogens is 2. The number of fused-ring (bicyclic) bond motifs is 2. The van der Waals surface area contributed by atoms with E-state index in [1.807, 2.05) is 6.07 Å². The van der Waals surface area contributed by atoms with Crippen LogP contribution in [0.1, 0.15) is 38.5 Å². The summed E-state index contributed by atoms with van der Waals surface area (Å²) >= 11 is 0. The van der Waals surface area contributed by atoms with Gasteiger partial charge in [-0.2, -0.15) is 5.10 Å². The Morgan fingerprint density at radius 2 is 1.79 bits per heavy atom. The molecule has 2 saturated heterocycles. The first-order valence-electron chi connectivity index (χ1n) is 11.4. The van der Waals surface area contributed by atoms with E-state index in [1.54, 1.807) is 30.7 Å². The number of phenolic OH excluding ortho intramolecular Hbond substituents is 1. The summed E-state index contributed by atoms with van der Waals surface area (Å²) < 4.78 is 28.0. The Balaban J connectivity index is 1.23. The van der Waals surface area contributed by atoms with Crippen molar-refractivity contribution in [3.05, 3.63) is 36.8 Å².